The highest BCUT2D eigenvalue weighted by Gasteiger charge is 2.16. The van der Waals surface area contributed by atoms with Gasteiger partial charge in [-0.25, -0.2) is 15.0 Å². The minimum atomic E-state index is -0.123. The van der Waals surface area contributed by atoms with Crippen molar-refractivity contribution in [1.82, 2.24) is 15.0 Å². The summed E-state index contributed by atoms with van der Waals surface area (Å²) in [6.45, 7) is 3.79. The first-order valence-electron chi connectivity index (χ1n) is 5.91. The fourth-order valence-corrected chi connectivity index (χ4v) is 1.69. The number of nitrogens with zero attached hydrogens (tertiary/aromatic N) is 3. The van der Waals surface area contributed by atoms with Gasteiger partial charge in [0.2, 0.25) is 11.6 Å². The molecule has 2 aromatic rings. The number of ether oxygens (including phenoxy) is 1. The van der Waals surface area contributed by atoms with Crippen molar-refractivity contribution in [3.63, 3.8) is 0 Å². The van der Waals surface area contributed by atoms with Gasteiger partial charge in [0.15, 0.2) is 11.6 Å². The van der Waals surface area contributed by atoms with Crippen LogP contribution >= 0.6 is 0 Å². The third-order valence-corrected chi connectivity index (χ3v) is 2.61. The Labute approximate surface area is 111 Å². The molecular formula is C12H17N5O2. The summed E-state index contributed by atoms with van der Waals surface area (Å²) < 4.78 is 10.8. The monoisotopic (exact) mass is 263 g/mol. The van der Waals surface area contributed by atoms with E-state index >= 15 is 0 Å². The largest absolute Gasteiger partial charge is 0.490 e. The average molecular weight is 263 g/mol. The lowest BCUT2D eigenvalue weighted by atomic mass is 10.3. The van der Waals surface area contributed by atoms with E-state index in [9.17, 15) is 0 Å². The van der Waals surface area contributed by atoms with Gasteiger partial charge >= 0.3 is 0 Å². The van der Waals surface area contributed by atoms with Gasteiger partial charge in [-0.2, -0.15) is 0 Å². The van der Waals surface area contributed by atoms with E-state index in [0.717, 1.165) is 5.76 Å². The molecule has 2 N–H and O–H groups in total. The third-order valence-electron chi connectivity index (χ3n) is 2.61. The number of rotatable bonds is 5. The highest BCUT2D eigenvalue weighted by atomic mass is 16.5. The zero-order valence-electron chi connectivity index (χ0n) is 11.4. The number of oxazole rings is 1. The van der Waals surface area contributed by atoms with E-state index in [0.29, 0.717) is 23.3 Å². The molecule has 0 saturated heterocycles. The van der Waals surface area contributed by atoms with E-state index in [1.165, 1.54) is 6.33 Å². The third kappa shape index (κ3) is 2.75. The van der Waals surface area contributed by atoms with E-state index in [2.05, 4.69) is 25.6 Å². The maximum absolute atomic E-state index is 5.47. The van der Waals surface area contributed by atoms with Crippen molar-refractivity contribution in [2.75, 3.05) is 24.8 Å². The molecule has 7 nitrogen and oxygen atoms in total. The van der Waals surface area contributed by atoms with E-state index in [-0.39, 0.29) is 6.04 Å². The predicted molar refractivity (Wildman–Crippen MR) is 71.4 cm³/mol. The summed E-state index contributed by atoms with van der Waals surface area (Å²) in [5, 5.41) is 6.14. The van der Waals surface area contributed by atoms with Crippen molar-refractivity contribution in [3.8, 4) is 5.75 Å². The Hall–Kier alpha value is -2.31. The fraction of sp³-hybridized carbons (Fsp3) is 0.417. The molecule has 1 atom stereocenters. The zero-order valence-corrected chi connectivity index (χ0v) is 11.4. The molecule has 0 aliphatic heterocycles. The topological polar surface area (TPSA) is 85.1 Å². The van der Waals surface area contributed by atoms with Crippen LogP contribution < -0.4 is 15.4 Å². The molecule has 0 radical (unpaired) electrons. The van der Waals surface area contributed by atoms with Crippen molar-refractivity contribution in [3.05, 3.63) is 24.2 Å². The van der Waals surface area contributed by atoms with Gasteiger partial charge in [-0.05, 0) is 13.8 Å². The lowest BCUT2D eigenvalue weighted by Crippen LogP contribution is -2.11. The number of hydrogen-bond acceptors (Lipinski definition) is 7. The van der Waals surface area contributed by atoms with E-state index in [1.807, 2.05) is 13.8 Å². The second-order valence-corrected chi connectivity index (χ2v) is 4.03. The van der Waals surface area contributed by atoms with Crippen LogP contribution in [0.2, 0.25) is 0 Å². The van der Waals surface area contributed by atoms with Crippen LogP contribution in [0.25, 0.3) is 0 Å². The number of hydrogen-bond donors (Lipinski definition) is 2. The quantitative estimate of drug-likeness (QED) is 0.853. The van der Waals surface area contributed by atoms with Crippen molar-refractivity contribution in [2.24, 2.45) is 0 Å². The normalized spacial score (nSPS) is 12.0. The zero-order chi connectivity index (χ0) is 13.8. The number of aryl methyl sites for hydroxylation is 1. The van der Waals surface area contributed by atoms with Gasteiger partial charge in [-0.3, -0.25) is 0 Å². The van der Waals surface area contributed by atoms with Crippen LogP contribution in [-0.2, 0) is 0 Å². The van der Waals surface area contributed by atoms with Crippen LogP contribution in [0.1, 0.15) is 24.6 Å². The first-order valence-corrected chi connectivity index (χ1v) is 5.91. The molecule has 2 rings (SSSR count). The molecule has 2 heterocycles. The number of nitrogens with one attached hydrogen (secondary N) is 2. The summed E-state index contributed by atoms with van der Waals surface area (Å²) in [4.78, 5) is 12.4. The Morgan fingerprint density at radius 2 is 2.00 bits per heavy atom. The van der Waals surface area contributed by atoms with Crippen molar-refractivity contribution in [1.29, 1.82) is 0 Å². The van der Waals surface area contributed by atoms with Crippen molar-refractivity contribution in [2.45, 2.75) is 19.9 Å². The minimum Gasteiger partial charge on any atom is -0.490 e. The lowest BCUT2D eigenvalue weighted by molar-refractivity contribution is 0.412. The molecule has 0 fully saturated rings. The summed E-state index contributed by atoms with van der Waals surface area (Å²) in [5.41, 5.74) is 0. The number of anilines is 2. The van der Waals surface area contributed by atoms with Crippen LogP contribution in [0, 0.1) is 6.92 Å². The maximum atomic E-state index is 5.47. The first-order chi connectivity index (χ1) is 9.15. The molecular weight excluding hydrogens is 246 g/mol. The summed E-state index contributed by atoms with van der Waals surface area (Å²) in [6, 6.07) is -0.123. The molecule has 0 saturated carbocycles. The van der Waals surface area contributed by atoms with Crippen LogP contribution in [0.5, 0.6) is 5.75 Å². The molecule has 0 aromatic carbocycles. The van der Waals surface area contributed by atoms with Crippen LogP contribution in [0.4, 0.5) is 11.6 Å². The maximum Gasteiger partial charge on any atom is 0.216 e. The Kier molecular flexibility index (Phi) is 3.84. The average Bonchev–Trinajstić information content (AvgIpc) is 2.85. The highest BCUT2D eigenvalue weighted by Crippen LogP contribution is 2.30. The predicted octanol–water partition coefficient (Wildman–Crippen LogP) is 2.00. The summed E-state index contributed by atoms with van der Waals surface area (Å²) in [7, 11) is 3.35. The second-order valence-electron chi connectivity index (χ2n) is 4.03. The van der Waals surface area contributed by atoms with Gasteiger partial charge < -0.3 is 19.8 Å². The van der Waals surface area contributed by atoms with Gasteiger partial charge in [-0.15, -0.1) is 0 Å². The van der Waals surface area contributed by atoms with Crippen molar-refractivity contribution < 1.29 is 9.15 Å². The fourth-order valence-electron chi connectivity index (χ4n) is 1.69. The number of aromatic nitrogens is 3. The van der Waals surface area contributed by atoms with Gasteiger partial charge in [0.1, 0.15) is 18.1 Å². The SMILES string of the molecule is CNc1ncnc(NC(C)c2ncc(C)o2)c1OC. The standard InChI is InChI=1S/C12H17N5O2/c1-7-5-14-12(19-7)8(2)17-11-9(18-4)10(13-3)15-6-16-11/h5-6,8H,1-4H3,(H2,13,15,16,17). The number of methoxy groups -OCH3 is 1. The lowest BCUT2D eigenvalue weighted by Gasteiger charge is -2.15. The van der Waals surface area contributed by atoms with Crippen LogP contribution in [0.15, 0.2) is 16.9 Å². The minimum absolute atomic E-state index is 0.123. The molecule has 102 valence electrons. The van der Waals surface area contributed by atoms with E-state index in [4.69, 9.17) is 9.15 Å². The van der Waals surface area contributed by atoms with Gasteiger partial charge in [0, 0.05) is 7.05 Å². The molecule has 0 aliphatic rings. The summed E-state index contributed by atoms with van der Waals surface area (Å²) in [6.07, 6.45) is 3.15. The van der Waals surface area contributed by atoms with Crippen molar-refractivity contribution >= 4 is 11.6 Å². The highest BCUT2D eigenvalue weighted by molar-refractivity contribution is 5.63. The summed E-state index contributed by atoms with van der Waals surface area (Å²) >= 11 is 0. The van der Waals surface area contributed by atoms with E-state index < -0.39 is 0 Å². The molecule has 7 heteroatoms. The smallest absolute Gasteiger partial charge is 0.216 e. The molecule has 0 spiro atoms. The van der Waals surface area contributed by atoms with Gasteiger partial charge in [0.25, 0.3) is 0 Å². The van der Waals surface area contributed by atoms with Gasteiger partial charge in [-0.1, -0.05) is 0 Å². The molecule has 0 aliphatic carbocycles. The Morgan fingerprint density at radius 1 is 1.26 bits per heavy atom. The Morgan fingerprint density at radius 3 is 2.58 bits per heavy atom. The van der Waals surface area contributed by atoms with E-state index in [1.54, 1.807) is 20.4 Å². The Bertz CT molecular complexity index is 555. The summed E-state index contributed by atoms with van der Waals surface area (Å²) in [5.74, 6) is 3.14. The molecule has 0 amide bonds. The Balaban J connectivity index is 2.23. The molecule has 19 heavy (non-hydrogen) atoms. The second kappa shape index (κ2) is 5.55. The first kappa shape index (κ1) is 13.1. The van der Waals surface area contributed by atoms with Crippen LogP contribution in [0.3, 0.4) is 0 Å². The van der Waals surface area contributed by atoms with Crippen LogP contribution in [-0.4, -0.2) is 29.1 Å². The molecule has 2 aromatic heterocycles. The van der Waals surface area contributed by atoms with Gasteiger partial charge in [0.05, 0.1) is 13.3 Å². The molecule has 1 unspecified atom stereocenters. The molecule has 0 bridgehead atoms.